The van der Waals surface area contributed by atoms with Crippen LogP contribution in [0.5, 0.6) is 0 Å². The number of rotatable bonds is 2. The van der Waals surface area contributed by atoms with Gasteiger partial charge in [-0.05, 0) is 38.0 Å². The van der Waals surface area contributed by atoms with Gasteiger partial charge >= 0.3 is 5.97 Å². The van der Waals surface area contributed by atoms with E-state index in [0.717, 1.165) is 38.4 Å². The number of aliphatic carboxylic acids is 1. The topological polar surface area (TPSA) is 49.8 Å². The molecule has 1 N–H and O–H groups in total. The first kappa shape index (κ1) is 12.4. The Labute approximate surface area is 108 Å². The quantitative estimate of drug-likeness (QED) is 0.816. The summed E-state index contributed by atoms with van der Waals surface area (Å²) in [6, 6.07) is 0.577. The van der Waals surface area contributed by atoms with E-state index in [-0.39, 0.29) is 6.04 Å². The van der Waals surface area contributed by atoms with Crippen molar-refractivity contribution >= 4 is 5.97 Å². The number of carboxylic acids is 1. The first-order chi connectivity index (χ1) is 8.77. The molecule has 2 saturated heterocycles. The third-order valence-electron chi connectivity index (χ3n) is 5.04. The Bertz CT molecular complexity index is 314. The molecule has 18 heavy (non-hydrogen) atoms. The average Bonchev–Trinajstić information content (AvgIpc) is 2.90. The zero-order valence-electron chi connectivity index (χ0n) is 10.9. The van der Waals surface area contributed by atoms with E-state index in [1.165, 1.54) is 25.7 Å². The molecule has 4 unspecified atom stereocenters. The highest BCUT2D eigenvalue weighted by molar-refractivity contribution is 5.73. The van der Waals surface area contributed by atoms with Crippen molar-refractivity contribution in [2.24, 2.45) is 5.92 Å². The molecule has 3 fully saturated rings. The highest BCUT2D eigenvalue weighted by Crippen LogP contribution is 2.40. The predicted octanol–water partition coefficient (Wildman–Crippen LogP) is 1.88. The lowest BCUT2D eigenvalue weighted by Crippen LogP contribution is -2.59. The number of piperidine rings is 1. The van der Waals surface area contributed by atoms with Gasteiger partial charge in [0.05, 0.1) is 6.61 Å². The normalized spacial score (nSPS) is 41.6. The van der Waals surface area contributed by atoms with Crippen LogP contribution in [0.4, 0.5) is 0 Å². The number of carboxylic acid groups (broad SMARTS) is 1. The molecule has 1 saturated carbocycles. The van der Waals surface area contributed by atoms with Gasteiger partial charge in [-0.2, -0.15) is 0 Å². The van der Waals surface area contributed by atoms with E-state index in [0.29, 0.717) is 12.1 Å². The standard InChI is InChI=1S/C14H23NO3/c16-14(17)13-6-5-10-3-1-2-4-12(10)15(13)11-7-8-18-9-11/h10-13H,1-9H2,(H,16,17). The first-order valence-corrected chi connectivity index (χ1v) is 7.35. The Morgan fingerprint density at radius 1 is 1.11 bits per heavy atom. The number of fused-ring (bicyclic) bond motifs is 1. The van der Waals surface area contributed by atoms with Crippen LogP contribution in [0.1, 0.15) is 44.9 Å². The largest absolute Gasteiger partial charge is 0.480 e. The van der Waals surface area contributed by atoms with Crippen molar-refractivity contribution in [1.82, 2.24) is 4.90 Å². The molecule has 0 bridgehead atoms. The van der Waals surface area contributed by atoms with Crippen LogP contribution < -0.4 is 0 Å². The van der Waals surface area contributed by atoms with E-state index in [1.54, 1.807) is 0 Å². The molecule has 4 heteroatoms. The van der Waals surface area contributed by atoms with Gasteiger partial charge in [-0.1, -0.05) is 12.8 Å². The van der Waals surface area contributed by atoms with Crippen molar-refractivity contribution in [3.05, 3.63) is 0 Å². The molecule has 1 aliphatic carbocycles. The summed E-state index contributed by atoms with van der Waals surface area (Å²) in [5.41, 5.74) is 0. The minimum Gasteiger partial charge on any atom is -0.480 e. The lowest BCUT2D eigenvalue weighted by molar-refractivity contribution is -0.150. The minimum absolute atomic E-state index is 0.268. The van der Waals surface area contributed by atoms with Crippen molar-refractivity contribution in [2.45, 2.75) is 63.1 Å². The molecular formula is C14H23NO3. The predicted molar refractivity (Wildman–Crippen MR) is 67.5 cm³/mol. The summed E-state index contributed by atoms with van der Waals surface area (Å²) >= 11 is 0. The number of likely N-dealkylation sites (tertiary alicyclic amines) is 1. The van der Waals surface area contributed by atoms with E-state index in [9.17, 15) is 9.90 Å². The summed E-state index contributed by atoms with van der Waals surface area (Å²) < 4.78 is 5.48. The maximum Gasteiger partial charge on any atom is 0.320 e. The van der Waals surface area contributed by atoms with Gasteiger partial charge in [0.25, 0.3) is 0 Å². The number of nitrogens with zero attached hydrogens (tertiary/aromatic N) is 1. The third-order valence-corrected chi connectivity index (χ3v) is 5.04. The molecule has 0 aromatic heterocycles. The second-order valence-corrected chi connectivity index (χ2v) is 6.01. The second-order valence-electron chi connectivity index (χ2n) is 6.01. The van der Waals surface area contributed by atoms with Crippen LogP contribution in [-0.2, 0) is 9.53 Å². The van der Waals surface area contributed by atoms with E-state index >= 15 is 0 Å². The van der Waals surface area contributed by atoms with Gasteiger partial charge in [-0.3, -0.25) is 9.69 Å². The number of hydrogen-bond donors (Lipinski definition) is 1. The molecule has 2 aliphatic heterocycles. The Kier molecular flexibility index (Phi) is 3.57. The molecule has 0 radical (unpaired) electrons. The van der Waals surface area contributed by atoms with Gasteiger partial charge in [-0.15, -0.1) is 0 Å². The molecule has 3 aliphatic rings. The number of carbonyl (C=O) groups is 1. The zero-order chi connectivity index (χ0) is 12.5. The summed E-state index contributed by atoms with van der Waals surface area (Å²) in [5.74, 6) is 0.0980. The zero-order valence-corrected chi connectivity index (χ0v) is 10.9. The fourth-order valence-corrected chi connectivity index (χ4v) is 4.20. The number of hydrogen-bond acceptors (Lipinski definition) is 3. The Balaban J connectivity index is 1.82. The molecule has 0 amide bonds. The molecule has 0 aromatic rings. The maximum absolute atomic E-state index is 11.5. The molecule has 0 aromatic carbocycles. The first-order valence-electron chi connectivity index (χ1n) is 7.35. The van der Waals surface area contributed by atoms with Gasteiger partial charge in [0.2, 0.25) is 0 Å². The van der Waals surface area contributed by atoms with Crippen LogP contribution in [0.15, 0.2) is 0 Å². The molecule has 4 atom stereocenters. The van der Waals surface area contributed by atoms with E-state index in [1.807, 2.05) is 0 Å². The SMILES string of the molecule is O=C(O)C1CCC2CCCCC2N1C1CCOC1. The van der Waals surface area contributed by atoms with E-state index < -0.39 is 5.97 Å². The van der Waals surface area contributed by atoms with E-state index in [4.69, 9.17) is 4.74 Å². The van der Waals surface area contributed by atoms with Gasteiger partial charge in [0.1, 0.15) is 6.04 Å². The van der Waals surface area contributed by atoms with Crippen LogP contribution >= 0.6 is 0 Å². The molecule has 4 nitrogen and oxygen atoms in total. The van der Waals surface area contributed by atoms with Crippen molar-refractivity contribution in [1.29, 1.82) is 0 Å². The number of ether oxygens (including phenoxy) is 1. The van der Waals surface area contributed by atoms with Gasteiger partial charge < -0.3 is 9.84 Å². The Hall–Kier alpha value is -0.610. The Morgan fingerprint density at radius 2 is 1.94 bits per heavy atom. The summed E-state index contributed by atoms with van der Waals surface area (Å²) in [6.07, 6.45) is 8.00. The van der Waals surface area contributed by atoms with Crippen molar-refractivity contribution < 1.29 is 14.6 Å². The summed E-state index contributed by atoms with van der Waals surface area (Å²) in [5, 5.41) is 9.48. The highest BCUT2D eigenvalue weighted by atomic mass is 16.5. The molecule has 102 valence electrons. The van der Waals surface area contributed by atoms with Crippen molar-refractivity contribution in [3.63, 3.8) is 0 Å². The monoisotopic (exact) mass is 253 g/mol. The van der Waals surface area contributed by atoms with Gasteiger partial charge in [0.15, 0.2) is 0 Å². The minimum atomic E-state index is -0.633. The van der Waals surface area contributed by atoms with Crippen LogP contribution in [0.2, 0.25) is 0 Å². The summed E-state index contributed by atoms with van der Waals surface area (Å²) in [6.45, 7) is 1.53. The lowest BCUT2D eigenvalue weighted by atomic mass is 9.75. The fourth-order valence-electron chi connectivity index (χ4n) is 4.20. The van der Waals surface area contributed by atoms with Crippen molar-refractivity contribution in [3.8, 4) is 0 Å². The van der Waals surface area contributed by atoms with Crippen LogP contribution in [0.3, 0.4) is 0 Å². The van der Waals surface area contributed by atoms with Crippen molar-refractivity contribution in [2.75, 3.05) is 13.2 Å². The third kappa shape index (κ3) is 2.16. The summed E-state index contributed by atoms with van der Waals surface area (Å²) in [7, 11) is 0. The highest BCUT2D eigenvalue weighted by Gasteiger charge is 2.45. The maximum atomic E-state index is 11.5. The molecular weight excluding hydrogens is 230 g/mol. The molecule has 2 heterocycles. The lowest BCUT2D eigenvalue weighted by Gasteiger charge is -2.49. The van der Waals surface area contributed by atoms with Crippen LogP contribution in [0.25, 0.3) is 0 Å². The summed E-state index contributed by atoms with van der Waals surface area (Å²) in [4.78, 5) is 13.8. The second kappa shape index (κ2) is 5.17. The molecule has 0 spiro atoms. The average molecular weight is 253 g/mol. The molecule has 3 rings (SSSR count). The van der Waals surface area contributed by atoms with Crippen LogP contribution in [-0.4, -0.2) is 47.3 Å². The Morgan fingerprint density at radius 3 is 2.67 bits per heavy atom. The van der Waals surface area contributed by atoms with E-state index in [2.05, 4.69) is 4.90 Å². The van der Waals surface area contributed by atoms with Gasteiger partial charge in [0, 0.05) is 18.7 Å². The fraction of sp³-hybridized carbons (Fsp3) is 0.929. The van der Waals surface area contributed by atoms with Crippen LogP contribution in [0, 0.1) is 5.92 Å². The van der Waals surface area contributed by atoms with Gasteiger partial charge in [-0.25, -0.2) is 0 Å². The smallest absolute Gasteiger partial charge is 0.320 e.